The fourth-order valence-electron chi connectivity index (χ4n) is 4.85. The normalized spacial score (nSPS) is 14.9. The van der Waals surface area contributed by atoms with Crippen LogP contribution in [0.25, 0.3) is 0 Å². The third-order valence-corrected chi connectivity index (χ3v) is 6.99. The number of aryl methyl sites for hydroxylation is 1. The molecule has 0 aliphatic carbocycles. The molecule has 204 valence electrons. The molecule has 0 saturated carbocycles. The maximum Gasteiger partial charge on any atom is 0.310 e. The predicted octanol–water partition coefficient (Wildman–Crippen LogP) is 5.19. The molecule has 1 atom stereocenters. The molecule has 1 heterocycles. The van der Waals surface area contributed by atoms with Crippen LogP contribution in [0.15, 0.2) is 72.8 Å². The lowest BCUT2D eigenvalue weighted by Gasteiger charge is -2.31. The molecule has 0 spiro atoms. The van der Waals surface area contributed by atoms with Crippen LogP contribution in [0.3, 0.4) is 0 Å². The molecule has 1 aliphatic rings. The Balaban J connectivity index is 1.56. The number of nitrogens with zero attached hydrogens (tertiary/aromatic N) is 2. The van der Waals surface area contributed by atoms with Gasteiger partial charge in [0.05, 0.1) is 32.6 Å². The first-order valence-corrected chi connectivity index (χ1v) is 13.4. The molecule has 0 radical (unpaired) electrons. The van der Waals surface area contributed by atoms with Crippen molar-refractivity contribution in [2.45, 2.75) is 39.7 Å². The molecule has 3 aromatic rings. The molecule has 4 rings (SSSR count). The minimum Gasteiger partial charge on any atom is -0.497 e. The Hall–Kier alpha value is -4.13. The zero-order valence-electron chi connectivity index (χ0n) is 22.9. The predicted molar refractivity (Wildman–Crippen MR) is 151 cm³/mol. The molecular weight excluding hydrogens is 492 g/mol. The molecule has 1 aliphatic heterocycles. The van der Waals surface area contributed by atoms with Gasteiger partial charge in [-0.25, -0.2) is 0 Å². The summed E-state index contributed by atoms with van der Waals surface area (Å²) < 4.78 is 10.5. The highest BCUT2D eigenvalue weighted by Gasteiger charge is 2.29. The first-order chi connectivity index (χ1) is 18.9. The van der Waals surface area contributed by atoms with Gasteiger partial charge in [-0.05, 0) is 68.1 Å². The number of hydrogen-bond acceptors (Lipinski definition) is 5. The number of piperidine rings is 1. The van der Waals surface area contributed by atoms with E-state index >= 15 is 0 Å². The third kappa shape index (κ3) is 7.25. The maximum absolute atomic E-state index is 13.8. The topological polar surface area (TPSA) is 76.2 Å². The molecular formula is C32H36N2O5. The van der Waals surface area contributed by atoms with E-state index < -0.39 is 0 Å². The van der Waals surface area contributed by atoms with Gasteiger partial charge in [0, 0.05) is 24.3 Å². The van der Waals surface area contributed by atoms with Crippen LogP contribution in [0.2, 0.25) is 0 Å². The zero-order valence-corrected chi connectivity index (χ0v) is 22.9. The third-order valence-electron chi connectivity index (χ3n) is 6.99. The molecule has 2 amide bonds. The quantitative estimate of drug-likeness (QED) is 0.357. The molecule has 7 heteroatoms. The van der Waals surface area contributed by atoms with Crippen molar-refractivity contribution in [2.75, 3.05) is 31.7 Å². The van der Waals surface area contributed by atoms with E-state index in [1.165, 1.54) is 0 Å². The Morgan fingerprint density at radius 1 is 0.974 bits per heavy atom. The number of anilines is 1. The van der Waals surface area contributed by atoms with E-state index in [1.807, 2.05) is 55.5 Å². The standard InChI is InChI=1S/C32H36N2O5/c1-4-39-32(37)27-10-7-17-33(22-27)30(35)19-25-8-5-11-28(18-25)34(21-24-15-13-23(2)14-16-24)31(36)26-9-6-12-29(20-26)38-3/h5-6,8-9,11-16,18,20,27H,4,7,10,17,19,21-22H2,1-3H3/t27-/m1/s1. The van der Waals surface area contributed by atoms with Gasteiger partial charge in [-0.1, -0.05) is 48.0 Å². The van der Waals surface area contributed by atoms with Gasteiger partial charge in [0.2, 0.25) is 5.91 Å². The number of carbonyl (C=O) groups excluding carboxylic acids is 3. The summed E-state index contributed by atoms with van der Waals surface area (Å²) in [5, 5.41) is 0. The Bertz CT molecular complexity index is 1300. The van der Waals surface area contributed by atoms with Gasteiger partial charge in [-0.15, -0.1) is 0 Å². The first kappa shape index (κ1) is 27.9. The van der Waals surface area contributed by atoms with Crippen LogP contribution in [-0.2, 0) is 27.3 Å². The summed E-state index contributed by atoms with van der Waals surface area (Å²) in [7, 11) is 1.57. The number of methoxy groups -OCH3 is 1. The number of hydrogen-bond donors (Lipinski definition) is 0. The fraction of sp³-hybridized carbons (Fsp3) is 0.344. The van der Waals surface area contributed by atoms with Crippen molar-refractivity contribution in [3.63, 3.8) is 0 Å². The van der Waals surface area contributed by atoms with Crippen molar-refractivity contribution in [2.24, 2.45) is 5.92 Å². The number of esters is 1. The number of amides is 2. The van der Waals surface area contributed by atoms with Crippen molar-refractivity contribution < 1.29 is 23.9 Å². The van der Waals surface area contributed by atoms with E-state index in [-0.39, 0.29) is 30.1 Å². The van der Waals surface area contributed by atoms with Crippen LogP contribution < -0.4 is 9.64 Å². The van der Waals surface area contributed by atoms with Crippen LogP contribution in [0.5, 0.6) is 5.75 Å². The van der Waals surface area contributed by atoms with Crippen molar-refractivity contribution >= 4 is 23.5 Å². The smallest absolute Gasteiger partial charge is 0.310 e. The molecule has 0 bridgehead atoms. The van der Waals surface area contributed by atoms with Gasteiger partial charge in [-0.3, -0.25) is 14.4 Å². The van der Waals surface area contributed by atoms with Gasteiger partial charge >= 0.3 is 5.97 Å². The minimum absolute atomic E-state index is 0.0367. The summed E-state index contributed by atoms with van der Waals surface area (Å²) in [5.74, 6) is -0.103. The lowest BCUT2D eigenvalue weighted by Crippen LogP contribution is -2.43. The van der Waals surface area contributed by atoms with Gasteiger partial charge in [0.25, 0.3) is 5.91 Å². The molecule has 0 N–H and O–H groups in total. The summed E-state index contributed by atoms with van der Waals surface area (Å²) in [4.78, 5) is 42.7. The van der Waals surface area contributed by atoms with Crippen molar-refractivity contribution in [3.8, 4) is 5.75 Å². The molecule has 0 unspecified atom stereocenters. The van der Waals surface area contributed by atoms with Crippen LogP contribution in [0.4, 0.5) is 5.69 Å². The Labute approximate surface area is 230 Å². The Morgan fingerprint density at radius 2 is 1.74 bits per heavy atom. The number of carbonyl (C=O) groups is 3. The van der Waals surface area contributed by atoms with Crippen LogP contribution in [0.1, 0.15) is 46.8 Å². The monoisotopic (exact) mass is 528 g/mol. The summed E-state index contributed by atoms with van der Waals surface area (Å²) in [6.07, 6.45) is 1.70. The van der Waals surface area contributed by atoms with Crippen molar-refractivity contribution in [1.29, 1.82) is 0 Å². The molecule has 39 heavy (non-hydrogen) atoms. The van der Waals surface area contributed by atoms with E-state index in [0.29, 0.717) is 43.2 Å². The van der Waals surface area contributed by atoms with Gasteiger partial charge in [-0.2, -0.15) is 0 Å². The maximum atomic E-state index is 13.8. The number of likely N-dealkylation sites (tertiary alicyclic amines) is 1. The number of benzene rings is 3. The van der Waals surface area contributed by atoms with E-state index in [1.54, 1.807) is 48.1 Å². The highest BCUT2D eigenvalue weighted by atomic mass is 16.5. The van der Waals surface area contributed by atoms with E-state index in [0.717, 1.165) is 29.5 Å². The first-order valence-electron chi connectivity index (χ1n) is 13.4. The number of ether oxygens (including phenoxy) is 2. The van der Waals surface area contributed by atoms with Crippen molar-refractivity contribution in [1.82, 2.24) is 4.90 Å². The number of rotatable bonds is 9. The minimum atomic E-state index is -0.278. The summed E-state index contributed by atoms with van der Waals surface area (Å²) in [6.45, 7) is 5.54. The van der Waals surface area contributed by atoms with E-state index in [9.17, 15) is 14.4 Å². The second-order valence-electron chi connectivity index (χ2n) is 9.89. The zero-order chi connectivity index (χ0) is 27.8. The van der Waals surface area contributed by atoms with Crippen LogP contribution in [-0.4, -0.2) is 49.5 Å². The molecule has 3 aromatic carbocycles. The lowest BCUT2D eigenvalue weighted by atomic mass is 9.97. The van der Waals surface area contributed by atoms with Crippen molar-refractivity contribution in [3.05, 3.63) is 95.1 Å². The van der Waals surface area contributed by atoms with Gasteiger partial charge in [0.1, 0.15) is 5.75 Å². The van der Waals surface area contributed by atoms with Gasteiger partial charge < -0.3 is 19.3 Å². The molecule has 1 saturated heterocycles. The second-order valence-corrected chi connectivity index (χ2v) is 9.89. The Kier molecular flexibility index (Phi) is 9.36. The molecule has 1 fully saturated rings. The van der Waals surface area contributed by atoms with Gasteiger partial charge in [0.15, 0.2) is 0 Å². The molecule has 7 nitrogen and oxygen atoms in total. The fourth-order valence-corrected chi connectivity index (χ4v) is 4.85. The highest BCUT2D eigenvalue weighted by molar-refractivity contribution is 6.06. The highest BCUT2D eigenvalue weighted by Crippen LogP contribution is 2.25. The summed E-state index contributed by atoms with van der Waals surface area (Å²) in [6, 6.07) is 22.8. The van der Waals surface area contributed by atoms with E-state index in [4.69, 9.17) is 9.47 Å². The SMILES string of the molecule is CCOC(=O)[C@@H]1CCCN(C(=O)Cc2cccc(N(Cc3ccc(C)cc3)C(=O)c3cccc(OC)c3)c2)C1. The summed E-state index contributed by atoms with van der Waals surface area (Å²) in [5.41, 5.74) is 4.17. The average molecular weight is 529 g/mol. The van der Waals surface area contributed by atoms with Crippen LogP contribution >= 0.6 is 0 Å². The summed E-state index contributed by atoms with van der Waals surface area (Å²) >= 11 is 0. The Morgan fingerprint density at radius 3 is 2.49 bits per heavy atom. The molecule has 0 aromatic heterocycles. The van der Waals surface area contributed by atoms with Crippen LogP contribution in [0, 0.1) is 12.8 Å². The van der Waals surface area contributed by atoms with E-state index in [2.05, 4.69) is 0 Å². The lowest BCUT2D eigenvalue weighted by molar-refractivity contribution is -0.151. The average Bonchev–Trinajstić information content (AvgIpc) is 2.97. The second kappa shape index (κ2) is 13.1. The largest absolute Gasteiger partial charge is 0.497 e.